The van der Waals surface area contributed by atoms with Gasteiger partial charge in [0.2, 0.25) is 0 Å². The molecule has 0 aliphatic heterocycles. The Morgan fingerprint density at radius 1 is 1.18 bits per heavy atom. The van der Waals surface area contributed by atoms with Gasteiger partial charge in [-0.2, -0.15) is 5.10 Å². The molecule has 2 heterocycles. The molecule has 0 radical (unpaired) electrons. The van der Waals surface area contributed by atoms with Gasteiger partial charge in [-0.25, -0.2) is 13.9 Å². The Balaban J connectivity index is 1.68. The molecule has 0 bridgehead atoms. The summed E-state index contributed by atoms with van der Waals surface area (Å²) in [5.74, 6) is -0.396. The predicted molar refractivity (Wildman–Crippen MR) is 124 cm³/mol. The number of amides is 1. The zero-order chi connectivity index (χ0) is 23.9. The van der Waals surface area contributed by atoms with Gasteiger partial charge in [0.25, 0.3) is 5.56 Å². The summed E-state index contributed by atoms with van der Waals surface area (Å²) in [5.41, 5.74) is 1.47. The summed E-state index contributed by atoms with van der Waals surface area (Å²) in [7, 11) is 3.15. The largest absolute Gasteiger partial charge is 0.494 e. The zero-order valence-corrected chi connectivity index (χ0v) is 19.1. The fourth-order valence-corrected chi connectivity index (χ4v) is 3.77. The van der Waals surface area contributed by atoms with Crippen molar-refractivity contribution in [3.05, 3.63) is 64.3 Å². The van der Waals surface area contributed by atoms with Crippen LogP contribution in [0.1, 0.15) is 26.3 Å². The fourth-order valence-electron chi connectivity index (χ4n) is 3.77. The highest BCUT2D eigenvalue weighted by Gasteiger charge is 2.18. The van der Waals surface area contributed by atoms with Crippen LogP contribution in [-0.4, -0.2) is 33.2 Å². The van der Waals surface area contributed by atoms with E-state index in [0.29, 0.717) is 27.5 Å². The van der Waals surface area contributed by atoms with Crippen LogP contribution in [0.4, 0.5) is 14.9 Å². The third kappa shape index (κ3) is 4.39. The predicted octanol–water partition coefficient (Wildman–Crippen LogP) is 4.43. The van der Waals surface area contributed by atoms with Crippen LogP contribution in [0.2, 0.25) is 0 Å². The highest BCUT2D eigenvalue weighted by Crippen LogP contribution is 2.31. The summed E-state index contributed by atoms with van der Waals surface area (Å²) in [6.07, 6.45) is 1.00. The van der Waals surface area contributed by atoms with E-state index in [2.05, 4.69) is 10.4 Å². The maximum Gasteiger partial charge on any atom is 0.412 e. The number of methoxy groups -OCH3 is 1. The summed E-state index contributed by atoms with van der Waals surface area (Å²) in [6.45, 7) is 5.55. The number of ether oxygens (including phenoxy) is 2. The van der Waals surface area contributed by atoms with E-state index >= 15 is 0 Å². The van der Waals surface area contributed by atoms with Crippen LogP contribution in [0.15, 0.2) is 47.4 Å². The van der Waals surface area contributed by atoms with Gasteiger partial charge in [-0.3, -0.25) is 10.1 Å². The van der Waals surface area contributed by atoms with E-state index < -0.39 is 17.5 Å². The molecule has 9 heteroatoms. The van der Waals surface area contributed by atoms with E-state index in [1.54, 1.807) is 62.8 Å². The van der Waals surface area contributed by atoms with Gasteiger partial charge < -0.3 is 14.0 Å². The number of aromatic nitrogens is 3. The van der Waals surface area contributed by atoms with Crippen molar-refractivity contribution in [1.29, 1.82) is 0 Å². The SMILES string of the molecule is COc1cc2c(cc1F)c1cnn(Cc3cccc(NC(=O)OC(C)(C)C)c3)c(=O)c1n2C. The second-order valence-electron chi connectivity index (χ2n) is 8.76. The number of nitrogens with zero attached hydrogens (tertiary/aromatic N) is 3. The van der Waals surface area contributed by atoms with Crippen LogP contribution in [0.5, 0.6) is 5.75 Å². The molecule has 0 aliphatic carbocycles. The van der Waals surface area contributed by atoms with Crippen molar-refractivity contribution >= 4 is 33.6 Å². The first-order valence-electron chi connectivity index (χ1n) is 10.4. The number of rotatable bonds is 4. The van der Waals surface area contributed by atoms with E-state index in [1.807, 2.05) is 6.07 Å². The average molecular weight is 452 g/mol. The topological polar surface area (TPSA) is 87.4 Å². The quantitative estimate of drug-likeness (QED) is 0.495. The first-order chi connectivity index (χ1) is 15.6. The van der Waals surface area contributed by atoms with Gasteiger partial charge in [0.1, 0.15) is 11.1 Å². The van der Waals surface area contributed by atoms with Gasteiger partial charge in [0.05, 0.1) is 25.4 Å². The van der Waals surface area contributed by atoms with Crippen molar-refractivity contribution in [2.24, 2.45) is 7.05 Å². The lowest BCUT2D eigenvalue weighted by molar-refractivity contribution is 0.0636. The number of anilines is 1. The Morgan fingerprint density at radius 3 is 2.64 bits per heavy atom. The van der Waals surface area contributed by atoms with Gasteiger partial charge in [-0.15, -0.1) is 0 Å². The van der Waals surface area contributed by atoms with Crippen LogP contribution in [-0.2, 0) is 18.3 Å². The minimum Gasteiger partial charge on any atom is -0.494 e. The number of hydrogen-bond donors (Lipinski definition) is 1. The van der Waals surface area contributed by atoms with E-state index in [9.17, 15) is 14.0 Å². The zero-order valence-electron chi connectivity index (χ0n) is 19.1. The summed E-state index contributed by atoms with van der Waals surface area (Å²) >= 11 is 0. The number of fused-ring (bicyclic) bond motifs is 3. The van der Waals surface area contributed by atoms with Crippen LogP contribution in [0.25, 0.3) is 21.8 Å². The molecule has 0 saturated carbocycles. The Labute approximate surface area is 189 Å². The van der Waals surface area contributed by atoms with Gasteiger partial charge in [-0.1, -0.05) is 12.1 Å². The molecule has 0 aliphatic rings. The van der Waals surface area contributed by atoms with Crippen molar-refractivity contribution < 1.29 is 18.7 Å². The average Bonchev–Trinajstić information content (AvgIpc) is 3.00. The van der Waals surface area contributed by atoms with Crippen LogP contribution >= 0.6 is 0 Å². The Morgan fingerprint density at radius 2 is 1.94 bits per heavy atom. The van der Waals surface area contributed by atoms with Crippen molar-refractivity contribution in [2.45, 2.75) is 32.9 Å². The Kier molecular flexibility index (Phi) is 5.57. The molecule has 8 nitrogen and oxygen atoms in total. The minimum atomic E-state index is -0.611. The molecule has 0 saturated heterocycles. The van der Waals surface area contributed by atoms with Crippen LogP contribution in [0.3, 0.4) is 0 Å². The second kappa shape index (κ2) is 8.23. The molecule has 0 spiro atoms. The lowest BCUT2D eigenvalue weighted by Crippen LogP contribution is -2.27. The van der Waals surface area contributed by atoms with Gasteiger partial charge in [0, 0.05) is 29.6 Å². The van der Waals surface area contributed by atoms with Crippen LogP contribution < -0.4 is 15.6 Å². The van der Waals surface area contributed by atoms with Gasteiger partial charge >= 0.3 is 6.09 Å². The number of carbonyl (C=O) groups excluding carboxylic acids is 1. The van der Waals surface area contributed by atoms with E-state index in [4.69, 9.17) is 9.47 Å². The van der Waals surface area contributed by atoms with Crippen molar-refractivity contribution in [2.75, 3.05) is 12.4 Å². The molecular weight excluding hydrogens is 427 g/mol. The third-order valence-electron chi connectivity index (χ3n) is 5.18. The van der Waals surface area contributed by atoms with Crippen LogP contribution in [0, 0.1) is 5.82 Å². The highest BCUT2D eigenvalue weighted by molar-refractivity contribution is 6.07. The van der Waals surface area contributed by atoms with Gasteiger partial charge in [-0.05, 0) is 44.5 Å². The summed E-state index contributed by atoms with van der Waals surface area (Å²) in [4.78, 5) is 25.3. The first kappa shape index (κ1) is 22.3. The number of hydrogen-bond acceptors (Lipinski definition) is 5. The number of halogens is 1. The minimum absolute atomic E-state index is 0.107. The third-order valence-corrected chi connectivity index (χ3v) is 5.18. The van der Waals surface area contributed by atoms with Crippen molar-refractivity contribution in [3.8, 4) is 5.75 Å². The molecule has 1 amide bonds. The highest BCUT2D eigenvalue weighted by atomic mass is 19.1. The monoisotopic (exact) mass is 452 g/mol. The second-order valence-corrected chi connectivity index (χ2v) is 8.76. The van der Waals surface area contributed by atoms with E-state index in [1.165, 1.54) is 17.9 Å². The molecule has 172 valence electrons. The summed E-state index contributed by atoms with van der Waals surface area (Å²) in [5, 5.41) is 8.15. The normalized spacial score (nSPS) is 11.7. The Hall–Kier alpha value is -3.88. The van der Waals surface area contributed by atoms with Crippen molar-refractivity contribution in [1.82, 2.24) is 14.3 Å². The molecule has 1 N–H and O–H groups in total. The number of nitrogens with one attached hydrogen (secondary N) is 1. The molecule has 2 aromatic carbocycles. The lowest BCUT2D eigenvalue weighted by atomic mass is 10.2. The first-order valence-corrected chi connectivity index (χ1v) is 10.4. The maximum atomic E-state index is 14.3. The molecule has 4 rings (SSSR count). The molecular formula is C24H25FN4O4. The number of carbonyl (C=O) groups is 1. The molecule has 4 aromatic rings. The summed E-state index contributed by atoms with van der Waals surface area (Å²) in [6, 6.07) is 10.0. The standard InChI is InChI=1S/C24H25FN4O4/c1-24(2,3)33-23(31)27-15-8-6-7-14(9-15)13-29-22(30)21-17(12-26-29)16-10-18(25)20(32-5)11-19(16)28(21)4/h6-12H,13H2,1-5H3,(H,27,31). The molecule has 0 atom stereocenters. The van der Waals surface area contributed by atoms with Crippen molar-refractivity contribution in [3.63, 3.8) is 0 Å². The maximum absolute atomic E-state index is 14.3. The lowest BCUT2D eigenvalue weighted by Gasteiger charge is -2.19. The molecule has 0 fully saturated rings. The smallest absolute Gasteiger partial charge is 0.412 e. The Bertz CT molecular complexity index is 1430. The fraction of sp³-hybridized carbons (Fsp3) is 0.292. The number of aryl methyl sites for hydroxylation is 1. The molecule has 0 unspecified atom stereocenters. The molecule has 33 heavy (non-hydrogen) atoms. The number of benzene rings is 2. The van der Waals surface area contributed by atoms with Gasteiger partial charge in [0.15, 0.2) is 11.6 Å². The molecule has 2 aromatic heterocycles. The summed E-state index contributed by atoms with van der Waals surface area (Å²) < 4.78 is 27.7. The van der Waals surface area contributed by atoms with E-state index in [-0.39, 0.29) is 17.9 Å². The van der Waals surface area contributed by atoms with E-state index in [0.717, 1.165) is 5.56 Å².